The average molecular weight is 496 g/mol. The van der Waals surface area contributed by atoms with Crippen molar-refractivity contribution < 1.29 is 14.3 Å². The largest absolute Gasteiger partial charge is 0.494 e. The maximum atomic E-state index is 13.2. The van der Waals surface area contributed by atoms with E-state index in [0.29, 0.717) is 41.2 Å². The zero-order valence-corrected chi connectivity index (χ0v) is 20.5. The SMILES string of the molecule is C=CC(=O)Nc1ccc(C(=O)N2CC[C@H](n3cc(-c4cc(OC)c5c(C#N)cnn5c4)cn3)C2)c(C)c1. The molecule has 0 bridgehead atoms. The summed E-state index contributed by atoms with van der Waals surface area (Å²) in [6, 6.07) is 9.30. The number of nitriles is 1. The number of anilines is 1. The van der Waals surface area contributed by atoms with Crippen molar-refractivity contribution in [2.45, 2.75) is 19.4 Å². The number of methoxy groups -OCH3 is 1. The molecule has 1 N–H and O–H groups in total. The first-order chi connectivity index (χ1) is 17.9. The maximum Gasteiger partial charge on any atom is 0.254 e. The van der Waals surface area contributed by atoms with Crippen LogP contribution >= 0.6 is 0 Å². The molecule has 1 fully saturated rings. The number of ether oxygens (including phenoxy) is 1. The van der Waals surface area contributed by atoms with Crippen LogP contribution in [0.2, 0.25) is 0 Å². The first-order valence-electron chi connectivity index (χ1n) is 11.7. The highest BCUT2D eigenvalue weighted by Gasteiger charge is 2.29. The first kappa shape index (κ1) is 23.8. The second kappa shape index (κ2) is 9.62. The quantitative estimate of drug-likeness (QED) is 0.409. The minimum absolute atomic E-state index is 0.0452. The van der Waals surface area contributed by atoms with Gasteiger partial charge < -0.3 is 15.0 Å². The van der Waals surface area contributed by atoms with Crippen LogP contribution in [0.1, 0.15) is 33.9 Å². The first-order valence-corrected chi connectivity index (χ1v) is 11.7. The molecule has 10 nitrogen and oxygen atoms in total. The zero-order chi connectivity index (χ0) is 26.1. The van der Waals surface area contributed by atoms with Crippen molar-refractivity contribution in [3.8, 4) is 22.9 Å². The molecular weight excluding hydrogens is 470 g/mol. The van der Waals surface area contributed by atoms with Crippen LogP contribution in [0, 0.1) is 18.3 Å². The number of fused-ring (bicyclic) bond motifs is 1. The van der Waals surface area contributed by atoms with Gasteiger partial charge in [-0.3, -0.25) is 14.3 Å². The van der Waals surface area contributed by atoms with Crippen molar-refractivity contribution in [3.63, 3.8) is 0 Å². The number of aromatic nitrogens is 4. The molecule has 1 aromatic carbocycles. The Morgan fingerprint density at radius 1 is 1.22 bits per heavy atom. The molecule has 1 atom stereocenters. The Morgan fingerprint density at radius 3 is 2.78 bits per heavy atom. The number of carbonyl (C=O) groups excluding carboxylic acids is 2. The molecule has 10 heteroatoms. The predicted molar refractivity (Wildman–Crippen MR) is 137 cm³/mol. The number of nitrogens with zero attached hydrogens (tertiary/aromatic N) is 6. The number of pyridine rings is 1. The number of aryl methyl sites for hydroxylation is 1. The predicted octanol–water partition coefficient (Wildman–Crippen LogP) is 3.60. The van der Waals surface area contributed by atoms with Gasteiger partial charge in [0.05, 0.1) is 25.5 Å². The minimum Gasteiger partial charge on any atom is -0.494 e. The lowest BCUT2D eigenvalue weighted by Gasteiger charge is -2.18. The lowest BCUT2D eigenvalue weighted by Crippen LogP contribution is -2.29. The van der Waals surface area contributed by atoms with Crippen LogP contribution in [0.5, 0.6) is 5.75 Å². The lowest BCUT2D eigenvalue weighted by molar-refractivity contribution is -0.111. The van der Waals surface area contributed by atoms with Crippen LogP contribution in [-0.4, -0.2) is 56.3 Å². The number of carbonyl (C=O) groups is 2. The van der Waals surface area contributed by atoms with Gasteiger partial charge in [0.2, 0.25) is 5.91 Å². The number of rotatable bonds is 6. The summed E-state index contributed by atoms with van der Waals surface area (Å²) in [5.74, 6) is 0.216. The van der Waals surface area contributed by atoms with Gasteiger partial charge in [0.15, 0.2) is 0 Å². The van der Waals surface area contributed by atoms with Gasteiger partial charge in [0.25, 0.3) is 5.91 Å². The second-order valence-electron chi connectivity index (χ2n) is 8.89. The Balaban J connectivity index is 1.32. The molecule has 37 heavy (non-hydrogen) atoms. The molecule has 1 saturated heterocycles. The fraction of sp³-hybridized carbons (Fsp3) is 0.222. The molecule has 2 amide bonds. The van der Waals surface area contributed by atoms with E-state index in [9.17, 15) is 14.9 Å². The fourth-order valence-electron chi connectivity index (χ4n) is 4.65. The third-order valence-electron chi connectivity index (χ3n) is 6.59. The van der Waals surface area contributed by atoms with E-state index in [-0.39, 0.29) is 17.9 Å². The molecule has 1 aliphatic heterocycles. The van der Waals surface area contributed by atoms with E-state index in [1.54, 1.807) is 36.0 Å². The maximum absolute atomic E-state index is 13.2. The fourth-order valence-corrected chi connectivity index (χ4v) is 4.65. The number of nitrogens with one attached hydrogen (secondary N) is 1. The molecule has 0 spiro atoms. The Bertz CT molecular complexity index is 1580. The second-order valence-corrected chi connectivity index (χ2v) is 8.89. The zero-order valence-electron chi connectivity index (χ0n) is 20.5. The minimum atomic E-state index is -0.297. The van der Waals surface area contributed by atoms with E-state index >= 15 is 0 Å². The molecule has 0 radical (unpaired) electrons. The molecule has 3 aromatic heterocycles. The van der Waals surface area contributed by atoms with Crippen molar-refractivity contribution in [1.82, 2.24) is 24.3 Å². The van der Waals surface area contributed by atoms with E-state index in [1.165, 1.54) is 12.3 Å². The molecular formula is C27H25N7O3. The summed E-state index contributed by atoms with van der Waals surface area (Å²) in [6.45, 7) is 6.47. The molecule has 4 aromatic rings. The van der Waals surface area contributed by atoms with E-state index in [0.717, 1.165) is 23.1 Å². The lowest BCUT2D eigenvalue weighted by atomic mass is 10.1. The molecule has 0 aliphatic carbocycles. The van der Waals surface area contributed by atoms with Crippen molar-refractivity contribution in [2.24, 2.45) is 0 Å². The van der Waals surface area contributed by atoms with Crippen molar-refractivity contribution in [3.05, 3.63) is 78.4 Å². The number of amides is 2. The van der Waals surface area contributed by atoms with Crippen LogP contribution in [0.4, 0.5) is 5.69 Å². The van der Waals surface area contributed by atoms with Gasteiger partial charge in [-0.1, -0.05) is 6.58 Å². The Kier molecular flexibility index (Phi) is 6.19. The summed E-state index contributed by atoms with van der Waals surface area (Å²) in [6.07, 6.45) is 9.08. The number of hydrogen-bond acceptors (Lipinski definition) is 6. The molecule has 0 unspecified atom stereocenters. The van der Waals surface area contributed by atoms with Gasteiger partial charge >= 0.3 is 0 Å². The average Bonchev–Trinajstić information content (AvgIpc) is 3.67. The summed E-state index contributed by atoms with van der Waals surface area (Å²) in [4.78, 5) is 26.6. The summed E-state index contributed by atoms with van der Waals surface area (Å²) < 4.78 is 9.04. The highest BCUT2D eigenvalue weighted by Crippen LogP contribution is 2.31. The van der Waals surface area contributed by atoms with Crippen molar-refractivity contribution in [1.29, 1.82) is 5.26 Å². The van der Waals surface area contributed by atoms with Crippen LogP contribution in [0.3, 0.4) is 0 Å². The van der Waals surface area contributed by atoms with E-state index in [2.05, 4.69) is 28.2 Å². The topological polar surface area (TPSA) is 118 Å². The summed E-state index contributed by atoms with van der Waals surface area (Å²) >= 11 is 0. The van der Waals surface area contributed by atoms with Crippen molar-refractivity contribution in [2.75, 3.05) is 25.5 Å². The van der Waals surface area contributed by atoms with Crippen LogP contribution in [0.15, 0.2) is 61.7 Å². The molecule has 0 saturated carbocycles. The standard InChI is InChI=1S/C27H25N7O3/c1-4-25(35)31-21-5-6-23(17(2)9-21)27(36)32-8-7-22(16-32)33-15-20(13-29-33)18-10-24(37-3)26-19(11-28)12-30-34(26)14-18/h4-6,9-10,12-15,22H,1,7-8,16H2,2-3H3,(H,31,35)/t22-/m0/s1. The normalized spacial score (nSPS) is 14.9. The van der Waals surface area contributed by atoms with E-state index < -0.39 is 0 Å². The number of hydrogen-bond donors (Lipinski definition) is 1. The Hall–Kier alpha value is -4.91. The molecule has 1 aliphatic rings. The summed E-state index contributed by atoms with van der Waals surface area (Å²) in [5.41, 5.74) is 4.82. The number of benzene rings is 1. The highest BCUT2D eigenvalue weighted by atomic mass is 16.5. The van der Waals surface area contributed by atoms with Gasteiger partial charge in [0.1, 0.15) is 22.9 Å². The molecule has 4 heterocycles. The molecule has 5 rings (SSSR count). The summed E-state index contributed by atoms with van der Waals surface area (Å²) in [7, 11) is 1.56. The number of likely N-dealkylation sites (tertiary alicyclic amines) is 1. The van der Waals surface area contributed by atoms with Crippen LogP contribution < -0.4 is 10.1 Å². The monoisotopic (exact) mass is 495 g/mol. The third kappa shape index (κ3) is 4.43. The Labute approximate surface area is 213 Å². The molecule has 186 valence electrons. The third-order valence-corrected chi connectivity index (χ3v) is 6.59. The smallest absolute Gasteiger partial charge is 0.254 e. The van der Waals surface area contributed by atoms with Gasteiger partial charge in [-0.15, -0.1) is 0 Å². The van der Waals surface area contributed by atoms with E-state index in [4.69, 9.17) is 4.74 Å². The van der Waals surface area contributed by atoms with Crippen LogP contribution in [0.25, 0.3) is 16.6 Å². The summed E-state index contributed by atoms with van der Waals surface area (Å²) in [5, 5.41) is 20.9. The van der Waals surface area contributed by atoms with Gasteiger partial charge in [-0.2, -0.15) is 15.5 Å². The van der Waals surface area contributed by atoms with Gasteiger partial charge in [-0.05, 0) is 49.2 Å². The van der Waals surface area contributed by atoms with Crippen molar-refractivity contribution >= 4 is 23.0 Å². The van der Waals surface area contributed by atoms with Crippen LogP contribution in [-0.2, 0) is 4.79 Å². The Morgan fingerprint density at radius 2 is 2.05 bits per heavy atom. The van der Waals surface area contributed by atoms with Gasteiger partial charge in [0, 0.05) is 47.9 Å². The van der Waals surface area contributed by atoms with Gasteiger partial charge in [-0.25, -0.2) is 4.52 Å². The van der Waals surface area contributed by atoms with E-state index in [1.807, 2.05) is 35.0 Å². The highest BCUT2D eigenvalue weighted by molar-refractivity contribution is 6.00.